The lowest BCUT2D eigenvalue weighted by atomic mass is 10.0. The van der Waals surface area contributed by atoms with Gasteiger partial charge in [-0.25, -0.2) is 4.68 Å². The Hall–Kier alpha value is -3.16. The fraction of sp³-hybridized carbons (Fsp3) is 0.478. The van der Waals surface area contributed by atoms with Crippen molar-refractivity contribution in [2.75, 3.05) is 18.4 Å². The van der Waals surface area contributed by atoms with Crippen molar-refractivity contribution in [1.82, 2.24) is 20.0 Å². The third-order valence-electron chi connectivity index (χ3n) is 5.56. The lowest BCUT2D eigenvalue weighted by molar-refractivity contribution is -0.136. The van der Waals surface area contributed by atoms with E-state index in [1.165, 1.54) is 12.5 Å². The quantitative estimate of drug-likeness (QED) is 0.679. The molecule has 0 unspecified atom stereocenters. The van der Waals surface area contributed by atoms with Crippen LogP contribution in [0.1, 0.15) is 51.1 Å². The number of nitrogens with one attached hydrogen (secondary N) is 2. The number of likely N-dealkylation sites (tertiary alicyclic amines) is 1. The summed E-state index contributed by atoms with van der Waals surface area (Å²) in [5.41, 5.74) is 1.23. The first-order chi connectivity index (χ1) is 14.9. The van der Waals surface area contributed by atoms with Crippen LogP contribution in [0.2, 0.25) is 0 Å². The molecule has 1 aromatic heterocycles. The molecular weight excluding hydrogens is 394 g/mol. The molecule has 31 heavy (non-hydrogen) atoms. The maximum atomic E-state index is 12.5. The van der Waals surface area contributed by atoms with Gasteiger partial charge in [0.1, 0.15) is 11.9 Å². The molecular formula is C23H31N5O3. The van der Waals surface area contributed by atoms with Gasteiger partial charge in [0.25, 0.3) is 0 Å². The number of carbonyl (C=O) groups excluding carboxylic acids is 3. The van der Waals surface area contributed by atoms with E-state index in [0.29, 0.717) is 25.3 Å². The van der Waals surface area contributed by atoms with Crippen LogP contribution in [-0.4, -0.2) is 51.5 Å². The van der Waals surface area contributed by atoms with Crippen molar-refractivity contribution in [1.29, 1.82) is 0 Å². The van der Waals surface area contributed by atoms with Crippen molar-refractivity contribution in [3.63, 3.8) is 0 Å². The second-order valence-corrected chi connectivity index (χ2v) is 8.03. The van der Waals surface area contributed by atoms with Gasteiger partial charge in [0.2, 0.25) is 17.7 Å². The van der Waals surface area contributed by atoms with Crippen molar-refractivity contribution in [2.24, 2.45) is 0 Å². The van der Waals surface area contributed by atoms with E-state index in [1.807, 2.05) is 28.9 Å². The Balaban J connectivity index is 1.47. The lowest BCUT2D eigenvalue weighted by Gasteiger charge is -2.34. The van der Waals surface area contributed by atoms with Gasteiger partial charge in [-0.3, -0.25) is 14.4 Å². The van der Waals surface area contributed by atoms with Crippen LogP contribution in [0, 0.1) is 0 Å². The number of aromatic nitrogens is 2. The minimum absolute atomic E-state index is 0.0190. The predicted molar refractivity (Wildman–Crippen MR) is 118 cm³/mol. The standard InChI is InChI=1S/C23H31N5O3/c1-17(25-18(2)29)23(31)27-15-12-20(13-16-27)28-21(11-14-24-28)26-22(30)10-6-9-19-7-4-3-5-8-19/h3-5,7-8,11,14,17,20H,6,9-10,12-13,15-16H2,1-2H3,(H,25,29)(H,26,30)/t17-/m0/s1. The van der Waals surface area contributed by atoms with Crippen molar-refractivity contribution in [3.05, 3.63) is 48.2 Å². The second kappa shape index (κ2) is 10.7. The molecule has 0 aliphatic carbocycles. The SMILES string of the molecule is CC(=O)N[C@@H](C)C(=O)N1CCC(n2nccc2NC(=O)CCCc2ccccc2)CC1. The minimum atomic E-state index is -0.524. The fourth-order valence-electron chi connectivity index (χ4n) is 3.98. The third kappa shape index (κ3) is 6.41. The van der Waals surface area contributed by atoms with E-state index in [1.54, 1.807) is 18.0 Å². The molecule has 166 valence electrons. The molecule has 1 aliphatic rings. The van der Waals surface area contributed by atoms with Gasteiger partial charge in [0.05, 0.1) is 12.2 Å². The molecule has 1 fully saturated rings. The average molecular weight is 426 g/mol. The smallest absolute Gasteiger partial charge is 0.244 e. The summed E-state index contributed by atoms with van der Waals surface area (Å²) < 4.78 is 1.86. The summed E-state index contributed by atoms with van der Waals surface area (Å²) in [5, 5.41) is 10.0. The summed E-state index contributed by atoms with van der Waals surface area (Å²) in [6, 6.07) is 11.6. The van der Waals surface area contributed by atoms with Gasteiger partial charge in [-0.2, -0.15) is 5.10 Å². The molecule has 1 saturated heterocycles. The number of benzene rings is 1. The Kier molecular flexibility index (Phi) is 7.81. The van der Waals surface area contributed by atoms with E-state index < -0.39 is 6.04 Å². The molecule has 8 heteroatoms. The van der Waals surface area contributed by atoms with Crippen LogP contribution in [0.5, 0.6) is 0 Å². The maximum Gasteiger partial charge on any atom is 0.244 e. The molecule has 0 spiro atoms. The van der Waals surface area contributed by atoms with Crippen molar-refractivity contribution in [3.8, 4) is 0 Å². The zero-order valence-corrected chi connectivity index (χ0v) is 18.2. The van der Waals surface area contributed by atoms with Gasteiger partial charge in [0.15, 0.2) is 0 Å². The van der Waals surface area contributed by atoms with Gasteiger partial charge in [-0.05, 0) is 38.2 Å². The van der Waals surface area contributed by atoms with Gasteiger partial charge < -0.3 is 15.5 Å². The Morgan fingerprint density at radius 3 is 2.52 bits per heavy atom. The highest BCUT2D eigenvalue weighted by Crippen LogP contribution is 2.26. The fourth-order valence-corrected chi connectivity index (χ4v) is 3.98. The van der Waals surface area contributed by atoms with Crippen LogP contribution in [0.4, 0.5) is 5.82 Å². The first-order valence-corrected chi connectivity index (χ1v) is 10.9. The largest absolute Gasteiger partial charge is 0.345 e. The van der Waals surface area contributed by atoms with E-state index in [9.17, 15) is 14.4 Å². The molecule has 0 bridgehead atoms. The Labute approximate surface area is 183 Å². The van der Waals surface area contributed by atoms with Gasteiger partial charge in [-0.15, -0.1) is 0 Å². The first-order valence-electron chi connectivity index (χ1n) is 10.9. The Morgan fingerprint density at radius 1 is 1.13 bits per heavy atom. The topological polar surface area (TPSA) is 96.3 Å². The van der Waals surface area contributed by atoms with Crippen LogP contribution in [0.15, 0.2) is 42.6 Å². The second-order valence-electron chi connectivity index (χ2n) is 8.03. The molecule has 2 N–H and O–H groups in total. The van der Waals surface area contributed by atoms with Gasteiger partial charge in [0, 0.05) is 32.5 Å². The number of hydrogen-bond acceptors (Lipinski definition) is 4. The van der Waals surface area contributed by atoms with E-state index in [-0.39, 0.29) is 23.8 Å². The highest BCUT2D eigenvalue weighted by atomic mass is 16.2. The summed E-state index contributed by atoms with van der Waals surface area (Å²) in [4.78, 5) is 37.8. The summed E-state index contributed by atoms with van der Waals surface area (Å²) in [7, 11) is 0. The molecule has 2 aromatic rings. The molecule has 1 aliphatic heterocycles. The summed E-state index contributed by atoms with van der Waals surface area (Å²) in [5.74, 6) is 0.396. The van der Waals surface area contributed by atoms with Crippen molar-refractivity contribution >= 4 is 23.5 Å². The highest BCUT2D eigenvalue weighted by Gasteiger charge is 2.28. The van der Waals surface area contributed by atoms with E-state index in [0.717, 1.165) is 25.7 Å². The Morgan fingerprint density at radius 2 is 1.84 bits per heavy atom. The number of anilines is 1. The highest BCUT2D eigenvalue weighted by molar-refractivity contribution is 5.89. The van der Waals surface area contributed by atoms with Gasteiger partial charge in [-0.1, -0.05) is 30.3 Å². The molecule has 8 nitrogen and oxygen atoms in total. The number of aryl methyl sites for hydroxylation is 1. The molecule has 1 atom stereocenters. The zero-order valence-electron chi connectivity index (χ0n) is 18.2. The summed E-state index contributed by atoms with van der Waals surface area (Å²) in [6.07, 6.45) is 5.30. The number of rotatable bonds is 8. The van der Waals surface area contributed by atoms with Crippen LogP contribution in [0.3, 0.4) is 0 Å². The molecule has 0 radical (unpaired) electrons. The van der Waals surface area contributed by atoms with Crippen LogP contribution in [0.25, 0.3) is 0 Å². The third-order valence-corrected chi connectivity index (χ3v) is 5.56. The molecule has 3 rings (SSSR count). The normalized spacial score (nSPS) is 15.4. The number of hydrogen-bond donors (Lipinski definition) is 2. The van der Waals surface area contributed by atoms with Gasteiger partial charge >= 0.3 is 0 Å². The first kappa shape index (κ1) is 22.5. The maximum absolute atomic E-state index is 12.5. The summed E-state index contributed by atoms with van der Waals surface area (Å²) >= 11 is 0. The monoisotopic (exact) mass is 425 g/mol. The van der Waals surface area contributed by atoms with Crippen LogP contribution in [-0.2, 0) is 20.8 Å². The molecule has 2 heterocycles. The van der Waals surface area contributed by atoms with E-state index in [4.69, 9.17) is 0 Å². The van der Waals surface area contributed by atoms with E-state index in [2.05, 4.69) is 27.9 Å². The molecule has 1 aromatic carbocycles. The van der Waals surface area contributed by atoms with Crippen molar-refractivity contribution in [2.45, 2.75) is 58.0 Å². The van der Waals surface area contributed by atoms with E-state index >= 15 is 0 Å². The molecule has 3 amide bonds. The van der Waals surface area contributed by atoms with Crippen molar-refractivity contribution < 1.29 is 14.4 Å². The number of nitrogens with zero attached hydrogens (tertiary/aromatic N) is 3. The number of piperidine rings is 1. The zero-order chi connectivity index (χ0) is 22.2. The average Bonchev–Trinajstić information content (AvgIpc) is 3.21. The number of carbonyl (C=O) groups is 3. The predicted octanol–water partition coefficient (Wildman–Crippen LogP) is 2.53. The lowest BCUT2D eigenvalue weighted by Crippen LogP contribution is -2.49. The van der Waals surface area contributed by atoms with Crippen LogP contribution >= 0.6 is 0 Å². The minimum Gasteiger partial charge on any atom is -0.345 e. The Bertz CT molecular complexity index is 888. The summed E-state index contributed by atoms with van der Waals surface area (Å²) in [6.45, 7) is 4.30. The molecule has 0 saturated carbocycles. The van der Waals surface area contributed by atoms with Crippen LogP contribution < -0.4 is 10.6 Å². The number of amides is 3.